The number of nitrogens with one attached hydrogen (secondary N) is 1. The highest BCUT2D eigenvalue weighted by molar-refractivity contribution is 14.0. The number of ether oxygens (including phenoxy) is 1. The normalized spacial score (nSPS) is 13.0. The van der Waals surface area contributed by atoms with Crippen LogP contribution in [0.1, 0.15) is 0 Å². The summed E-state index contributed by atoms with van der Waals surface area (Å²) in [5.74, 6) is 0.408. The van der Waals surface area contributed by atoms with Crippen molar-refractivity contribution in [1.29, 1.82) is 0 Å². The van der Waals surface area contributed by atoms with Gasteiger partial charge in [-0.15, -0.1) is 35.3 Å². The van der Waals surface area contributed by atoms with Gasteiger partial charge in [0.15, 0.2) is 15.8 Å². The van der Waals surface area contributed by atoms with E-state index in [0.29, 0.717) is 11.4 Å². The maximum Gasteiger partial charge on any atom is 0.193 e. The predicted molar refractivity (Wildman–Crippen MR) is 111 cm³/mol. The SMILES string of the molecule is COc1ccc(NC(N)=NCC(O)CS(=O)(=O)c2cccs2)cc1.I. The van der Waals surface area contributed by atoms with Crippen molar-refractivity contribution in [1.82, 2.24) is 0 Å². The number of anilines is 1. The fourth-order valence-corrected chi connectivity index (χ4v) is 4.36. The Hall–Kier alpha value is -1.37. The molecule has 4 N–H and O–H groups in total. The molecule has 2 rings (SSSR count). The Kier molecular flexibility index (Phi) is 8.62. The number of aliphatic hydroxyl groups excluding tert-OH is 1. The van der Waals surface area contributed by atoms with Crippen molar-refractivity contribution in [3.05, 3.63) is 41.8 Å². The van der Waals surface area contributed by atoms with Gasteiger partial charge >= 0.3 is 0 Å². The number of nitrogens with two attached hydrogens (primary N) is 1. The van der Waals surface area contributed by atoms with Gasteiger partial charge in [0.25, 0.3) is 0 Å². The fraction of sp³-hybridized carbons (Fsp3) is 0.267. The average molecular weight is 497 g/mol. The van der Waals surface area contributed by atoms with Gasteiger partial charge in [-0.2, -0.15) is 0 Å². The van der Waals surface area contributed by atoms with Crippen LogP contribution in [0.2, 0.25) is 0 Å². The first-order valence-corrected chi connectivity index (χ1v) is 9.59. The van der Waals surface area contributed by atoms with Gasteiger partial charge < -0.3 is 20.9 Å². The zero-order valence-corrected chi connectivity index (χ0v) is 17.4. The van der Waals surface area contributed by atoms with Gasteiger partial charge in [-0.05, 0) is 35.7 Å². The van der Waals surface area contributed by atoms with E-state index in [-0.39, 0.29) is 40.7 Å². The number of aliphatic hydroxyl groups is 1. The van der Waals surface area contributed by atoms with Crippen LogP contribution in [-0.4, -0.2) is 45.0 Å². The van der Waals surface area contributed by atoms with Crippen molar-refractivity contribution >= 4 is 56.8 Å². The van der Waals surface area contributed by atoms with Crippen molar-refractivity contribution in [2.24, 2.45) is 10.7 Å². The van der Waals surface area contributed by atoms with Gasteiger partial charge in [0, 0.05) is 5.69 Å². The number of thiophene rings is 1. The van der Waals surface area contributed by atoms with E-state index in [1.165, 1.54) is 6.07 Å². The summed E-state index contributed by atoms with van der Waals surface area (Å²) < 4.78 is 29.4. The number of rotatable bonds is 7. The van der Waals surface area contributed by atoms with Crippen molar-refractivity contribution in [2.75, 3.05) is 24.7 Å². The van der Waals surface area contributed by atoms with Gasteiger partial charge in [0.2, 0.25) is 0 Å². The second kappa shape index (κ2) is 9.94. The summed E-state index contributed by atoms with van der Waals surface area (Å²) in [6, 6.07) is 10.2. The summed E-state index contributed by atoms with van der Waals surface area (Å²) in [7, 11) is -1.93. The molecule has 1 aromatic heterocycles. The maximum atomic E-state index is 12.0. The molecule has 0 aliphatic rings. The van der Waals surface area contributed by atoms with Crippen LogP contribution in [0, 0.1) is 0 Å². The summed E-state index contributed by atoms with van der Waals surface area (Å²) in [6.45, 7) is -0.112. The van der Waals surface area contributed by atoms with Gasteiger partial charge in [-0.3, -0.25) is 4.99 Å². The third-order valence-electron chi connectivity index (χ3n) is 3.05. The Morgan fingerprint density at radius 3 is 2.60 bits per heavy atom. The largest absolute Gasteiger partial charge is 0.497 e. The Bertz CT molecular complexity index is 778. The molecule has 0 radical (unpaired) electrons. The quantitative estimate of drug-likeness (QED) is 0.306. The number of hydrogen-bond donors (Lipinski definition) is 3. The molecule has 1 atom stereocenters. The molecule has 10 heteroatoms. The highest BCUT2D eigenvalue weighted by Gasteiger charge is 2.20. The van der Waals surface area contributed by atoms with E-state index in [4.69, 9.17) is 10.5 Å². The summed E-state index contributed by atoms with van der Waals surface area (Å²) in [4.78, 5) is 3.97. The summed E-state index contributed by atoms with van der Waals surface area (Å²) >= 11 is 1.12. The number of hydrogen-bond acceptors (Lipinski definition) is 6. The lowest BCUT2D eigenvalue weighted by molar-refractivity contribution is 0.206. The summed E-state index contributed by atoms with van der Waals surface area (Å²) in [6.07, 6.45) is -1.13. The van der Waals surface area contributed by atoms with Crippen LogP contribution in [-0.2, 0) is 9.84 Å². The number of methoxy groups -OCH3 is 1. The maximum absolute atomic E-state index is 12.0. The topological polar surface area (TPSA) is 114 Å². The highest BCUT2D eigenvalue weighted by Crippen LogP contribution is 2.18. The van der Waals surface area contributed by atoms with Crippen LogP contribution < -0.4 is 15.8 Å². The molecule has 0 bridgehead atoms. The molecule has 0 amide bonds. The zero-order valence-electron chi connectivity index (χ0n) is 13.5. The van der Waals surface area contributed by atoms with Gasteiger partial charge in [0.05, 0.1) is 25.5 Å². The minimum atomic E-state index is -3.51. The molecule has 0 spiro atoms. The molecule has 1 heterocycles. The fourth-order valence-electron chi connectivity index (χ4n) is 1.89. The lowest BCUT2D eigenvalue weighted by Crippen LogP contribution is -2.28. The van der Waals surface area contributed by atoms with Crippen molar-refractivity contribution < 1.29 is 18.3 Å². The highest BCUT2D eigenvalue weighted by atomic mass is 127. The Labute approximate surface area is 167 Å². The third-order valence-corrected chi connectivity index (χ3v) is 6.33. The second-order valence-corrected chi connectivity index (χ2v) is 8.16. The first kappa shape index (κ1) is 21.7. The molecule has 7 nitrogen and oxygen atoms in total. The smallest absolute Gasteiger partial charge is 0.193 e. The standard InChI is InChI=1S/C15H19N3O4S2.HI/c1-22-13-6-4-11(5-7-13)18-15(16)17-9-12(19)10-24(20,21)14-3-2-8-23-14;/h2-8,12,19H,9-10H2,1H3,(H3,16,17,18);1H. The van der Waals surface area contributed by atoms with Crippen LogP contribution >= 0.6 is 35.3 Å². The van der Waals surface area contributed by atoms with E-state index < -0.39 is 21.7 Å². The minimum Gasteiger partial charge on any atom is -0.497 e. The van der Waals surface area contributed by atoms with Crippen LogP contribution in [0.15, 0.2) is 51.0 Å². The monoisotopic (exact) mass is 497 g/mol. The van der Waals surface area contributed by atoms with Crippen molar-refractivity contribution in [2.45, 2.75) is 10.3 Å². The second-order valence-electron chi connectivity index (χ2n) is 4.95. The lowest BCUT2D eigenvalue weighted by Gasteiger charge is -2.10. The van der Waals surface area contributed by atoms with E-state index in [9.17, 15) is 13.5 Å². The number of guanidine groups is 1. The van der Waals surface area contributed by atoms with Crippen molar-refractivity contribution in [3.63, 3.8) is 0 Å². The zero-order chi connectivity index (χ0) is 17.6. The van der Waals surface area contributed by atoms with Gasteiger partial charge in [-0.25, -0.2) is 8.42 Å². The number of nitrogens with zero attached hydrogens (tertiary/aromatic N) is 1. The van der Waals surface area contributed by atoms with Crippen LogP contribution in [0.3, 0.4) is 0 Å². The molecule has 0 aliphatic heterocycles. The van der Waals surface area contributed by atoms with E-state index in [0.717, 1.165) is 11.3 Å². The number of sulfone groups is 1. The van der Waals surface area contributed by atoms with E-state index >= 15 is 0 Å². The van der Waals surface area contributed by atoms with Crippen LogP contribution in [0.5, 0.6) is 5.75 Å². The summed E-state index contributed by atoms with van der Waals surface area (Å²) in [5, 5.41) is 14.4. The Morgan fingerprint density at radius 1 is 1.36 bits per heavy atom. The number of benzene rings is 1. The van der Waals surface area contributed by atoms with Crippen molar-refractivity contribution in [3.8, 4) is 5.75 Å². The molecular formula is C15H20IN3O4S2. The van der Waals surface area contributed by atoms with E-state index in [2.05, 4.69) is 10.3 Å². The number of aliphatic imine (C=N–C) groups is 1. The van der Waals surface area contributed by atoms with E-state index in [1.54, 1.807) is 42.8 Å². The van der Waals surface area contributed by atoms with Crippen LogP contribution in [0.4, 0.5) is 5.69 Å². The Morgan fingerprint density at radius 2 is 2.04 bits per heavy atom. The molecule has 25 heavy (non-hydrogen) atoms. The number of halogens is 1. The lowest BCUT2D eigenvalue weighted by atomic mass is 10.3. The van der Waals surface area contributed by atoms with Gasteiger partial charge in [-0.1, -0.05) is 6.07 Å². The van der Waals surface area contributed by atoms with Gasteiger partial charge in [0.1, 0.15) is 9.96 Å². The molecule has 0 aliphatic carbocycles. The molecule has 1 aromatic carbocycles. The molecular weight excluding hydrogens is 477 g/mol. The van der Waals surface area contributed by atoms with E-state index in [1.807, 2.05) is 0 Å². The minimum absolute atomic E-state index is 0. The van der Waals surface area contributed by atoms with Crippen LogP contribution in [0.25, 0.3) is 0 Å². The first-order chi connectivity index (χ1) is 11.4. The summed E-state index contributed by atoms with van der Waals surface area (Å²) in [5.41, 5.74) is 6.44. The third kappa shape index (κ3) is 6.80. The molecule has 0 fully saturated rings. The Balaban J connectivity index is 0.00000312. The predicted octanol–water partition coefficient (Wildman–Crippen LogP) is 1.94. The molecule has 2 aromatic rings. The average Bonchev–Trinajstić information content (AvgIpc) is 3.09. The first-order valence-electron chi connectivity index (χ1n) is 7.06. The molecule has 0 saturated heterocycles. The molecule has 1 unspecified atom stereocenters. The molecule has 138 valence electrons. The molecule has 0 saturated carbocycles.